The molecule has 21 heavy (non-hydrogen) atoms. The number of rotatable bonds is 3. The molecule has 1 aromatic carbocycles. The van der Waals surface area contributed by atoms with E-state index < -0.39 is 0 Å². The molecule has 5 nitrogen and oxygen atoms in total. The third-order valence-corrected chi connectivity index (χ3v) is 3.48. The first-order valence-electron chi connectivity index (χ1n) is 6.82. The maximum atomic E-state index is 12.3. The lowest BCUT2D eigenvalue weighted by molar-refractivity contribution is 0.0793. The van der Waals surface area contributed by atoms with E-state index in [4.69, 9.17) is 10.5 Å². The Morgan fingerprint density at radius 3 is 2.52 bits per heavy atom. The SMILES string of the molecule is Cc1cc(C(=O)N2CCCC2)ccc1NC=C(C#N)C#N. The fourth-order valence-corrected chi connectivity index (χ4v) is 2.30. The summed E-state index contributed by atoms with van der Waals surface area (Å²) in [6.07, 6.45) is 3.50. The van der Waals surface area contributed by atoms with Crippen molar-refractivity contribution in [3.8, 4) is 12.1 Å². The summed E-state index contributed by atoms with van der Waals surface area (Å²) < 4.78 is 0. The second-order valence-electron chi connectivity index (χ2n) is 4.95. The van der Waals surface area contributed by atoms with Crippen molar-refractivity contribution in [1.29, 1.82) is 10.5 Å². The molecule has 0 bridgehead atoms. The molecule has 1 aliphatic rings. The average molecular weight is 280 g/mol. The highest BCUT2D eigenvalue weighted by Crippen LogP contribution is 2.19. The first-order chi connectivity index (χ1) is 10.2. The van der Waals surface area contributed by atoms with E-state index in [0.717, 1.165) is 37.2 Å². The number of allylic oxidation sites excluding steroid dienone is 1. The van der Waals surface area contributed by atoms with E-state index in [9.17, 15) is 4.79 Å². The minimum Gasteiger partial charge on any atom is -0.360 e. The standard InChI is InChI=1S/C16H16N4O/c1-12-8-14(16(21)20-6-2-3-7-20)4-5-15(12)19-11-13(9-17)10-18/h4-5,8,11,19H,2-3,6-7H2,1H3. The number of amides is 1. The Morgan fingerprint density at radius 2 is 1.95 bits per heavy atom. The summed E-state index contributed by atoms with van der Waals surface area (Å²) in [6, 6.07) is 8.96. The number of carbonyl (C=O) groups is 1. The molecule has 0 atom stereocenters. The zero-order valence-corrected chi connectivity index (χ0v) is 11.9. The van der Waals surface area contributed by atoms with Crippen LogP contribution in [0.25, 0.3) is 0 Å². The van der Waals surface area contributed by atoms with Gasteiger partial charge in [-0.3, -0.25) is 4.79 Å². The van der Waals surface area contributed by atoms with Crippen molar-refractivity contribution in [3.63, 3.8) is 0 Å². The topological polar surface area (TPSA) is 79.9 Å². The molecule has 1 aromatic rings. The molecule has 0 spiro atoms. The van der Waals surface area contributed by atoms with E-state index in [1.807, 2.05) is 17.9 Å². The Bertz CT molecular complexity index is 642. The molecule has 1 heterocycles. The summed E-state index contributed by atoms with van der Waals surface area (Å²) in [4.78, 5) is 14.1. The molecule has 0 saturated carbocycles. The molecule has 0 unspecified atom stereocenters. The molecule has 1 aliphatic heterocycles. The normalized spacial score (nSPS) is 13.2. The maximum absolute atomic E-state index is 12.3. The smallest absolute Gasteiger partial charge is 0.253 e. The fourth-order valence-electron chi connectivity index (χ4n) is 2.30. The second-order valence-corrected chi connectivity index (χ2v) is 4.95. The van der Waals surface area contributed by atoms with E-state index in [0.29, 0.717) is 5.56 Å². The van der Waals surface area contributed by atoms with Gasteiger partial charge in [-0.25, -0.2) is 0 Å². The highest BCUT2D eigenvalue weighted by atomic mass is 16.2. The van der Waals surface area contributed by atoms with Crippen molar-refractivity contribution in [2.45, 2.75) is 19.8 Å². The number of likely N-dealkylation sites (tertiary alicyclic amines) is 1. The van der Waals surface area contributed by atoms with Crippen LogP contribution in [0.2, 0.25) is 0 Å². The van der Waals surface area contributed by atoms with Crippen molar-refractivity contribution < 1.29 is 4.79 Å². The summed E-state index contributed by atoms with van der Waals surface area (Å²) in [7, 11) is 0. The molecule has 2 rings (SSSR count). The quantitative estimate of drug-likeness (QED) is 0.863. The number of nitrogens with zero attached hydrogens (tertiary/aromatic N) is 3. The van der Waals surface area contributed by atoms with Crippen LogP contribution in [0.4, 0.5) is 5.69 Å². The number of benzene rings is 1. The molecule has 1 N–H and O–H groups in total. The predicted molar refractivity (Wildman–Crippen MR) is 79.2 cm³/mol. The lowest BCUT2D eigenvalue weighted by Gasteiger charge is -2.16. The van der Waals surface area contributed by atoms with Gasteiger partial charge in [-0.2, -0.15) is 10.5 Å². The van der Waals surface area contributed by atoms with Gasteiger partial charge in [0.15, 0.2) is 0 Å². The van der Waals surface area contributed by atoms with E-state index in [1.54, 1.807) is 24.3 Å². The minimum atomic E-state index is 0.00613. The summed E-state index contributed by atoms with van der Waals surface area (Å²) in [5.41, 5.74) is 2.35. The summed E-state index contributed by atoms with van der Waals surface area (Å²) in [5.74, 6) is 0.0624. The van der Waals surface area contributed by atoms with Crippen molar-refractivity contribution in [2.75, 3.05) is 18.4 Å². The van der Waals surface area contributed by atoms with Gasteiger partial charge >= 0.3 is 0 Å². The average Bonchev–Trinajstić information content (AvgIpc) is 3.03. The molecule has 1 saturated heterocycles. The highest BCUT2D eigenvalue weighted by molar-refractivity contribution is 5.95. The van der Waals surface area contributed by atoms with Crippen LogP contribution in [0, 0.1) is 29.6 Å². The van der Waals surface area contributed by atoms with Gasteiger partial charge < -0.3 is 10.2 Å². The van der Waals surface area contributed by atoms with Crippen LogP contribution in [0.5, 0.6) is 0 Å². The van der Waals surface area contributed by atoms with Crippen LogP contribution in [-0.2, 0) is 0 Å². The second kappa shape index (κ2) is 6.58. The minimum absolute atomic E-state index is 0.00613. The lowest BCUT2D eigenvalue weighted by Crippen LogP contribution is -2.27. The third-order valence-electron chi connectivity index (χ3n) is 3.48. The van der Waals surface area contributed by atoms with E-state index in [-0.39, 0.29) is 11.5 Å². The summed E-state index contributed by atoms with van der Waals surface area (Å²) >= 11 is 0. The molecule has 0 aliphatic carbocycles. The Hall–Kier alpha value is -2.79. The van der Waals surface area contributed by atoms with Crippen molar-refractivity contribution in [1.82, 2.24) is 4.90 Å². The molecule has 0 radical (unpaired) electrons. The molecule has 106 valence electrons. The van der Waals surface area contributed by atoms with Crippen LogP contribution < -0.4 is 5.32 Å². The van der Waals surface area contributed by atoms with Gasteiger partial charge in [-0.05, 0) is 43.5 Å². The largest absolute Gasteiger partial charge is 0.360 e. The summed E-state index contributed by atoms with van der Waals surface area (Å²) in [5, 5.41) is 20.3. The van der Waals surface area contributed by atoms with Gasteiger partial charge in [-0.1, -0.05) is 0 Å². The number of hydrogen-bond donors (Lipinski definition) is 1. The molecule has 5 heteroatoms. The zero-order valence-electron chi connectivity index (χ0n) is 11.9. The lowest BCUT2D eigenvalue weighted by atomic mass is 10.1. The van der Waals surface area contributed by atoms with Crippen molar-refractivity contribution >= 4 is 11.6 Å². The Morgan fingerprint density at radius 1 is 1.29 bits per heavy atom. The van der Waals surface area contributed by atoms with Crippen LogP contribution in [-0.4, -0.2) is 23.9 Å². The van der Waals surface area contributed by atoms with Gasteiger partial charge in [0.2, 0.25) is 0 Å². The Balaban J connectivity index is 2.14. The van der Waals surface area contributed by atoms with E-state index in [1.165, 1.54) is 6.20 Å². The van der Waals surface area contributed by atoms with Gasteiger partial charge in [0, 0.05) is 30.5 Å². The number of carbonyl (C=O) groups excluding carboxylic acids is 1. The maximum Gasteiger partial charge on any atom is 0.253 e. The van der Waals surface area contributed by atoms with Gasteiger partial charge in [-0.15, -0.1) is 0 Å². The Labute approximate surface area is 124 Å². The van der Waals surface area contributed by atoms with Gasteiger partial charge in [0.05, 0.1) is 0 Å². The summed E-state index contributed by atoms with van der Waals surface area (Å²) in [6.45, 7) is 3.54. The van der Waals surface area contributed by atoms with E-state index in [2.05, 4.69) is 5.32 Å². The molecule has 0 aromatic heterocycles. The zero-order chi connectivity index (χ0) is 15.2. The van der Waals surface area contributed by atoms with Gasteiger partial charge in [0.25, 0.3) is 5.91 Å². The number of hydrogen-bond acceptors (Lipinski definition) is 4. The molecular weight excluding hydrogens is 264 g/mol. The first kappa shape index (κ1) is 14.6. The monoisotopic (exact) mass is 280 g/mol. The van der Waals surface area contributed by atoms with Crippen molar-refractivity contribution in [2.24, 2.45) is 0 Å². The highest BCUT2D eigenvalue weighted by Gasteiger charge is 2.19. The fraction of sp³-hybridized carbons (Fsp3) is 0.312. The number of aryl methyl sites for hydroxylation is 1. The van der Waals surface area contributed by atoms with Crippen molar-refractivity contribution in [3.05, 3.63) is 41.1 Å². The van der Waals surface area contributed by atoms with E-state index >= 15 is 0 Å². The number of anilines is 1. The predicted octanol–water partition coefficient (Wildman–Crippen LogP) is 2.57. The number of nitriles is 2. The van der Waals surface area contributed by atoms with Crippen LogP contribution in [0.1, 0.15) is 28.8 Å². The van der Waals surface area contributed by atoms with Crippen LogP contribution in [0.15, 0.2) is 30.0 Å². The Kier molecular flexibility index (Phi) is 4.58. The van der Waals surface area contributed by atoms with Gasteiger partial charge in [0.1, 0.15) is 17.7 Å². The third kappa shape index (κ3) is 3.40. The van der Waals surface area contributed by atoms with Crippen LogP contribution >= 0.6 is 0 Å². The molecule has 1 fully saturated rings. The number of nitrogens with one attached hydrogen (secondary N) is 1. The first-order valence-corrected chi connectivity index (χ1v) is 6.82. The van der Waals surface area contributed by atoms with Crippen LogP contribution in [0.3, 0.4) is 0 Å². The molecular formula is C16H16N4O. The molecule has 1 amide bonds.